The molecule has 55 heavy (non-hydrogen) atoms. The first-order chi connectivity index (χ1) is 37.0. The van der Waals surface area contributed by atoms with E-state index in [0.717, 1.165) is 36.5 Å². The van der Waals surface area contributed by atoms with E-state index in [1.165, 1.54) is 11.1 Å². The van der Waals surface area contributed by atoms with Crippen LogP contribution in [-0.2, 0) is 0 Å². The number of aromatic amines is 1. The number of nitrogens with zero attached hydrogens (tertiary/aromatic N) is 7. The molecule has 16 heteroatoms. The Kier molecular flexibility index (Phi) is 15.0. The number of H-pyrrole nitrogens is 1. The number of amidine groups is 1. The monoisotopic (exact) mass is 1000 g/mol. The summed E-state index contributed by atoms with van der Waals surface area (Å²) in [4.78, 5) is 26.9. The van der Waals surface area contributed by atoms with Gasteiger partial charge in [-0.2, -0.15) is 15.5 Å². The SMILES string of the molecule is C.CC(C)c1ccc(-c2n[nH]c(-c3ncccc3Br)n2)cc1.CC(C)c1ccc(C=O)cc1.N#Cc1ncccc1Br.N/N=C(\N)c1ncccc1Br.NN.[3HH].[3H][3H].[3H][3H].[3H][3H].[3H][3H].[3H][3H].[3H][3H].[3H][3H].[3H][3H].[3H][3H].[3H][3H].[3H][3H]. The number of halogens is 3. The van der Waals surface area contributed by atoms with Crippen LogP contribution in [-0.4, -0.2) is 42.3 Å². The maximum Gasteiger partial charge on any atom is 0.181 e. The van der Waals surface area contributed by atoms with E-state index in [0.29, 0.717) is 34.9 Å². The molecule has 0 saturated carbocycles. The summed E-state index contributed by atoms with van der Waals surface area (Å²) in [5.41, 5.74) is 11.5. The average molecular weight is 1010 g/mol. The lowest BCUT2D eigenvalue weighted by molar-refractivity contribution is 0.112. The molecular formula is C39H69Br3N12O. The molecule has 0 amide bonds. The number of nitriles is 1. The molecule has 6 rings (SSSR count). The number of rotatable bonds is 6. The summed E-state index contributed by atoms with van der Waals surface area (Å²) >= 11 is 9.90. The van der Waals surface area contributed by atoms with Crippen molar-refractivity contribution in [2.24, 2.45) is 28.4 Å². The smallest absolute Gasteiger partial charge is 0.181 e. The Morgan fingerprint density at radius 1 is 0.818 bits per heavy atom. The summed E-state index contributed by atoms with van der Waals surface area (Å²) in [6.07, 6.45) is 5.81. The number of benzene rings is 2. The predicted octanol–water partition coefficient (Wildman–Crippen LogP) is 11.6. The second-order valence-corrected chi connectivity index (χ2v) is 13.9. The van der Waals surface area contributed by atoms with Crippen LogP contribution in [0.25, 0.3) is 22.9 Å². The number of aldehydes is 1. The molecule has 0 saturated heterocycles. The van der Waals surface area contributed by atoms with Gasteiger partial charge >= 0.3 is 0 Å². The van der Waals surface area contributed by atoms with Crippen molar-refractivity contribution in [3.05, 3.63) is 145 Å². The second kappa shape index (κ2) is 25.8. The largest absolute Gasteiger partial charge is 0.380 e. The normalized spacial score (nSPS) is 11.6. The molecule has 0 aliphatic carbocycles. The van der Waals surface area contributed by atoms with Crippen LogP contribution in [0.15, 0.2) is 122 Å². The fraction of sp³-hybridized carbons (Fsp3) is 0.179. The van der Waals surface area contributed by atoms with Gasteiger partial charge in [-0.25, -0.2) is 9.97 Å². The summed E-state index contributed by atoms with van der Waals surface area (Å²) in [5, 5.41) is 18.9. The Balaban J connectivity index is -0.0000000673. The molecule has 0 aliphatic heterocycles. The fourth-order valence-corrected chi connectivity index (χ4v) is 5.38. The summed E-state index contributed by atoms with van der Waals surface area (Å²) in [7, 11) is 0. The van der Waals surface area contributed by atoms with Crippen molar-refractivity contribution in [3.63, 3.8) is 0 Å². The highest BCUT2D eigenvalue weighted by Crippen LogP contribution is 2.25. The molecule has 0 atom stereocenters. The molecule has 0 spiro atoms. The van der Waals surface area contributed by atoms with Gasteiger partial charge in [0, 0.05) is 72.8 Å². The van der Waals surface area contributed by atoms with Crippen molar-refractivity contribution in [2.45, 2.75) is 47.0 Å². The number of nitrogens with one attached hydrogen (secondary N) is 1. The molecule has 0 bridgehead atoms. The number of aromatic nitrogens is 6. The van der Waals surface area contributed by atoms with Gasteiger partial charge in [-0.1, -0.05) is 83.7 Å². The fourth-order valence-electron chi connectivity index (χ4n) is 4.14. The van der Waals surface area contributed by atoms with Crippen molar-refractivity contribution in [2.75, 3.05) is 0 Å². The molecule has 0 radical (unpaired) electrons. The Labute approximate surface area is 382 Å². The number of hydrazone groups is 1. The van der Waals surface area contributed by atoms with Crippen LogP contribution in [0.5, 0.6) is 0 Å². The van der Waals surface area contributed by atoms with E-state index in [1.807, 2.05) is 48.5 Å². The quantitative estimate of drug-likeness (QED) is 0.0346. The Hall–Kier alpha value is -5.18. The summed E-state index contributed by atoms with van der Waals surface area (Å²) < 4.78 is 112. The molecule has 0 fully saturated rings. The van der Waals surface area contributed by atoms with Gasteiger partial charge in [0.15, 0.2) is 23.2 Å². The zero-order valence-electron chi connectivity index (χ0n) is 52.0. The van der Waals surface area contributed by atoms with Gasteiger partial charge in [0.05, 0.1) is 4.47 Å². The maximum absolute atomic E-state index is 10.3. The van der Waals surface area contributed by atoms with Gasteiger partial charge in [-0.05, 0) is 107 Å². The third-order valence-electron chi connectivity index (χ3n) is 7.05. The molecule has 4 heterocycles. The van der Waals surface area contributed by atoms with Crippen molar-refractivity contribution < 1.29 is 38.9 Å². The number of hydrazine groups is 1. The number of hydrogen-bond donors (Lipinski definition) is 5. The summed E-state index contributed by atoms with van der Waals surface area (Å²) in [6, 6.07) is 28.9. The van der Waals surface area contributed by atoms with Crippen molar-refractivity contribution in [3.8, 4) is 29.0 Å². The second-order valence-electron chi connectivity index (χ2n) is 11.4. The van der Waals surface area contributed by atoms with Gasteiger partial charge in [0.1, 0.15) is 23.7 Å². The maximum atomic E-state index is 10.3. The van der Waals surface area contributed by atoms with Crippen molar-refractivity contribution >= 4 is 59.9 Å². The highest BCUT2D eigenvalue weighted by Gasteiger charge is 2.11. The first-order valence-corrected chi connectivity index (χ1v) is 18.5. The Morgan fingerprint density at radius 3 is 1.78 bits per heavy atom. The van der Waals surface area contributed by atoms with E-state index < -0.39 is 0 Å². The molecule has 9 N–H and O–H groups in total. The third-order valence-corrected chi connectivity index (χ3v) is 8.97. The molecule has 4 aromatic heterocycles. The number of nitrogens with two attached hydrogens (primary N) is 4. The van der Waals surface area contributed by atoms with Gasteiger partial charge < -0.3 is 11.6 Å². The van der Waals surface area contributed by atoms with Crippen molar-refractivity contribution in [1.29, 1.82) is 5.26 Å². The van der Waals surface area contributed by atoms with Crippen LogP contribution in [0.3, 0.4) is 0 Å². The minimum atomic E-state index is 0. The van der Waals surface area contributed by atoms with Crippen molar-refractivity contribution in [1.82, 2.24) is 30.1 Å². The highest BCUT2D eigenvalue weighted by atomic mass is 79.9. The summed E-state index contributed by atoms with van der Waals surface area (Å²) in [5.74, 6) is 15.6. The van der Waals surface area contributed by atoms with Crippen LogP contribution < -0.4 is 23.3 Å². The van der Waals surface area contributed by atoms with E-state index in [1.54, 1.807) is 36.8 Å². The lowest BCUT2D eigenvalue weighted by Gasteiger charge is -2.04. The highest BCUT2D eigenvalue weighted by molar-refractivity contribution is 9.11. The molecule has 0 unspecified atom stereocenters. The first-order valence-electron chi connectivity index (χ1n) is 27.2. The molecule has 312 valence electrons. The number of pyridine rings is 3. The minimum Gasteiger partial charge on any atom is -0.380 e. The number of carbonyl (C=O) groups is 1. The Bertz CT molecular complexity index is 2170. The molecule has 13 nitrogen and oxygen atoms in total. The molecular weight excluding hydrogens is 892 g/mol. The van der Waals surface area contributed by atoms with E-state index in [2.05, 4.69) is 147 Å². The summed E-state index contributed by atoms with van der Waals surface area (Å²) in [6.45, 7) is 8.63. The zero-order chi connectivity index (χ0) is 62.0. The number of hydrogen-bond acceptors (Lipinski definition) is 11. The van der Waals surface area contributed by atoms with Gasteiger partial charge in [-0.3, -0.25) is 31.5 Å². The molecule has 2 aromatic carbocycles. The zero-order valence-corrected chi connectivity index (χ0v) is 34.8. The van der Waals surface area contributed by atoms with Crippen LogP contribution in [0, 0.1) is 11.3 Å². The average Bonchev–Trinajstić information content (AvgIpc) is 4.02. The first kappa shape index (κ1) is 32.1. The van der Waals surface area contributed by atoms with E-state index in [4.69, 9.17) is 49.5 Å². The lowest BCUT2D eigenvalue weighted by Crippen LogP contribution is -2.17. The minimum absolute atomic E-state index is 0. The van der Waals surface area contributed by atoms with Gasteiger partial charge in [-0.15, -0.1) is 0 Å². The third kappa shape index (κ3) is 15.6. The van der Waals surface area contributed by atoms with Crippen LogP contribution in [0.4, 0.5) is 0 Å². The van der Waals surface area contributed by atoms with Gasteiger partial charge in [0.25, 0.3) is 0 Å². The van der Waals surface area contributed by atoms with Crippen LogP contribution in [0.2, 0.25) is 0 Å². The van der Waals surface area contributed by atoms with Gasteiger partial charge in [0.2, 0.25) is 0 Å². The lowest BCUT2D eigenvalue weighted by atomic mass is 10.0. The van der Waals surface area contributed by atoms with E-state index in [-0.39, 0.29) is 14.7 Å². The van der Waals surface area contributed by atoms with Crippen LogP contribution >= 0.6 is 47.8 Å². The predicted molar refractivity (Wildman–Crippen MR) is 257 cm³/mol. The Morgan fingerprint density at radius 2 is 1.33 bits per heavy atom. The van der Waals surface area contributed by atoms with Crippen LogP contribution in [0.1, 0.15) is 114 Å². The topological polar surface area (TPSA) is 238 Å². The number of carbonyl (C=O) groups excluding carboxylic acids is 1. The van der Waals surface area contributed by atoms with E-state index >= 15 is 0 Å². The van der Waals surface area contributed by atoms with E-state index in [9.17, 15) is 4.79 Å². The standard InChI is InChI=1S/C16H15BrN4.C10H12O.C6H7BrN4.C6H3BrN2.CH4.H4N2.12H2/c1-10(2)11-5-7-12(8-6-11)15-19-16(21-20-15)14-13(17)4-3-9-18-14;1-8(2)10-5-3-9(7-11)4-6-10;7-4-2-1-3-10-5(4)6(8)11-9;7-5-2-1-3-9-6(5)4-8;;1-2;;;;;;;;;;;;/h3-10H,1-2H3,(H,19,20,21);3-8H,1-2H3;1-3H,9H2,(H2,8,11);1-3H;1H4;1-2H2;12*1H/i;;;;;;11*1+2T;1+2. The molecule has 6 aromatic rings. The molecule has 0 aliphatic rings.